The highest BCUT2D eigenvalue weighted by molar-refractivity contribution is 7.10. The molecule has 6 heteroatoms. The van der Waals surface area contributed by atoms with Crippen molar-refractivity contribution in [3.63, 3.8) is 0 Å². The smallest absolute Gasteiger partial charge is 0.354 e. The van der Waals surface area contributed by atoms with E-state index in [1.165, 1.54) is 11.3 Å². The SMILES string of the molecule is FC(F)(F)C[C@H](c1cccs1)c1c(-c2ccccc2)[nH]c2cc(Cl)ccc12. The van der Waals surface area contributed by atoms with Gasteiger partial charge in [0.15, 0.2) is 0 Å². The van der Waals surface area contributed by atoms with Crippen molar-refractivity contribution in [1.29, 1.82) is 0 Å². The lowest BCUT2D eigenvalue weighted by molar-refractivity contribution is -0.136. The van der Waals surface area contributed by atoms with Crippen LogP contribution in [0.5, 0.6) is 0 Å². The number of hydrogen-bond acceptors (Lipinski definition) is 1. The Bertz CT molecular complexity index is 1050. The zero-order valence-corrected chi connectivity index (χ0v) is 15.6. The maximum atomic E-state index is 13.5. The van der Waals surface area contributed by atoms with E-state index in [9.17, 15) is 13.2 Å². The van der Waals surface area contributed by atoms with E-state index in [0.29, 0.717) is 21.2 Å². The summed E-state index contributed by atoms with van der Waals surface area (Å²) in [7, 11) is 0. The molecule has 0 saturated carbocycles. The van der Waals surface area contributed by atoms with Gasteiger partial charge in [0.25, 0.3) is 0 Å². The van der Waals surface area contributed by atoms with Crippen molar-refractivity contribution in [2.75, 3.05) is 0 Å². The molecule has 138 valence electrons. The number of thiophene rings is 1. The van der Waals surface area contributed by atoms with Crippen molar-refractivity contribution in [3.8, 4) is 11.3 Å². The molecule has 2 aromatic carbocycles. The lowest BCUT2D eigenvalue weighted by Gasteiger charge is -2.19. The zero-order valence-electron chi connectivity index (χ0n) is 14.1. The number of fused-ring (bicyclic) bond motifs is 1. The second-order valence-electron chi connectivity index (χ2n) is 6.36. The maximum absolute atomic E-state index is 13.5. The van der Waals surface area contributed by atoms with E-state index in [4.69, 9.17) is 11.6 Å². The lowest BCUT2D eigenvalue weighted by Crippen LogP contribution is -2.14. The predicted octanol–water partition coefficient (Wildman–Crippen LogP) is 7.63. The Morgan fingerprint density at radius 3 is 2.44 bits per heavy atom. The molecule has 2 aromatic heterocycles. The van der Waals surface area contributed by atoms with Crippen molar-refractivity contribution in [2.45, 2.75) is 18.5 Å². The van der Waals surface area contributed by atoms with Crippen molar-refractivity contribution >= 4 is 33.8 Å². The average Bonchev–Trinajstić information content (AvgIpc) is 3.27. The standard InChI is InChI=1S/C21H15ClF3NS/c22-14-8-9-15-17(11-14)26-20(13-5-2-1-3-6-13)19(15)16(12-21(23,24)25)18-7-4-10-27-18/h1-11,16,26H,12H2/t16-/m1/s1. The third-order valence-electron chi connectivity index (χ3n) is 4.53. The Hall–Kier alpha value is -2.24. The summed E-state index contributed by atoms with van der Waals surface area (Å²) in [5, 5.41) is 3.12. The highest BCUT2D eigenvalue weighted by Gasteiger charge is 2.36. The van der Waals surface area contributed by atoms with Gasteiger partial charge in [-0.25, -0.2) is 0 Å². The Morgan fingerprint density at radius 1 is 1.00 bits per heavy atom. The van der Waals surface area contributed by atoms with Crippen molar-refractivity contribution < 1.29 is 13.2 Å². The first-order valence-electron chi connectivity index (χ1n) is 8.39. The minimum Gasteiger partial charge on any atom is -0.354 e. The number of halogens is 4. The van der Waals surface area contributed by atoms with Crippen LogP contribution >= 0.6 is 22.9 Å². The van der Waals surface area contributed by atoms with Crippen LogP contribution in [-0.4, -0.2) is 11.2 Å². The number of nitrogens with one attached hydrogen (secondary N) is 1. The fourth-order valence-corrected chi connectivity index (χ4v) is 4.46. The summed E-state index contributed by atoms with van der Waals surface area (Å²) in [6.07, 6.45) is -5.19. The molecule has 0 spiro atoms. The summed E-state index contributed by atoms with van der Waals surface area (Å²) < 4.78 is 40.4. The molecular weight excluding hydrogens is 391 g/mol. The van der Waals surface area contributed by atoms with Crippen LogP contribution in [0.3, 0.4) is 0 Å². The fourth-order valence-electron chi connectivity index (χ4n) is 3.45. The van der Waals surface area contributed by atoms with Crippen LogP contribution in [0.2, 0.25) is 5.02 Å². The number of benzene rings is 2. The molecule has 0 aliphatic heterocycles. The molecule has 0 radical (unpaired) electrons. The van der Waals surface area contributed by atoms with Crippen LogP contribution in [0.1, 0.15) is 22.8 Å². The van der Waals surface area contributed by atoms with E-state index >= 15 is 0 Å². The number of aromatic amines is 1. The molecule has 0 bridgehead atoms. The normalized spacial score (nSPS) is 13.2. The summed E-state index contributed by atoms with van der Waals surface area (Å²) >= 11 is 7.46. The number of aromatic nitrogens is 1. The average molecular weight is 406 g/mol. The second-order valence-corrected chi connectivity index (χ2v) is 7.77. The van der Waals surface area contributed by atoms with Gasteiger partial charge >= 0.3 is 6.18 Å². The van der Waals surface area contributed by atoms with Gasteiger partial charge in [0.2, 0.25) is 0 Å². The number of hydrogen-bond donors (Lipinski definition) is 1. The third-order valence-corrected chi connectivity index (χ3v) is 5.76. The molecule has 2 heterocycles. The molecule has 27 heavy (non-hydrogen) atoms. The molecule has 0 saturated heterocycles. The highest BCUT2D eigenvalue weighted by atomic mass is 35.5. The van der Waals surface area contributed by atoms with Crippen LogP contribution in [-0.2, 0) is 0 Å². The monoisotopic (exact) mass is 405 g/mol. The van der Waals surface area contributed by atoms with Gasteiger partial charge in [-0.2, -0.15) is 13.2 Å². The van der Waals surface area contributed by atoms with Crippen molar-refractivity contribution in [2.24, 2.45) is 0 Å². The summed E-state index contributed by atoms with van der Waals surface area (Å²) in [4.78, 5) is 4.00. The van der Waals surface area contributed by atoms with Gasteiger partial charge in [0.05, 0.1) is 12.1 Å². The summed E-state index contributed by atoms with van der Waals surface area (Å²) in [5.41, 5.74) is 2.95. The molecule has 0 aliphatic carbocycles. The number of alkyl halides is 3. The summed E-state index contributed by atoms with van der Waals surface area (Å²) in [6, 6.07) is 18.3. The van der Waals surface area contributed by atoms with Gasteiger partial charge in [-0.15, -0.1) is 11.3 Å². The molecule has 0 amide bonds. The predicted molar refractivity (Wildman–Crippen MR) is 106 cm³/mol. The van der Waals surface area contributed by atoms with Gasteiger partial charge < -0.3 is 4.98 Å². The molecule has 4 aromatic rings. The summed E-state index contributed by atoms with van der Waals surface area (Å²) in [5.74, 6) is -0.782. The van der Waals surface area contributed by atoms with Crippen LogP contribution in [0.25, 0.3) is 22.2 Å². The van der Waals surface area contributed by atoms with Gasteiger partial charge in [-0.3, -0.25) is 0 Å². The maximum Gasteiger partial charge on any atom is 0.390 e. The first-order chi connectivity index (χ1) is 12.9. The quantitative estimate of drug-likeness (QED) is 0.359. The molecule has 1 nitrogen and oxygen atoms in total. The molecule has 0 unspecified atom stereocenters. The van der Waals surface area contributed by atoms with Crippen LogP contribution in [0.15, 0.2) is 66.0 Å². The Morgan fingerprint density at radius 2 is 1.78 bits per heavy atom. The number of rotatable bonds is 4. The minimum atomic E-state index is -4.28. The fraction of sp³-hybridized carbons (Fsp3) is 0.143. The van der Waals surface area contributed by atoms with E-state index in [0.717, 1.165) is 16.5 Å². The lowest BCUT2D eigenvalue weighted by atomic mass is 9.89. The third kappa shape index (κ3) is 3.75. The molecule has 1 atom stereocenters. The first kappa shape index (κ1) is 18.1. The Labute approximate surface area is 163 Å². The van der Waals surface area contributed by atoms with E-state index in [1.54, 1.807) is 30.3 Å². The van der Waals surface area contributed by atoms with Gasteiger partial charge in [0.1, 0.15) is 0 Å². The van der Waals surface area contributed by atoms with Crippen LogP contribution in [0, 0.1) is 0 Å². The van der Waals surface area contributed by atoms with E-state index in [2.05, 4.69) is 4.98 Å². The molecule has 4 rings (SSSR count). The van der Waals surface area contributed by atoms with Gasteiger partial charge in [-0.05, 0) is 34.7 Å². The van der Waals surface area contributed by atoms with Crippen LogP contribution in [0.4, 0.5) is 13.2 Å². The number of H-pyrrole nitrogens is 1. The Kier molecular flexibility index (Phi) is 4.74. The first-order valence-corrected chi connectivity index (χ1v) is 9.65. The van der Waals surface area contributed by atoms with E-state index in [1.807, 2.05) is 35.7 Å². The van der Waals surface area contributed by atoms with Crippen molar-refractivity contribution in [3.05, 3.63) is 81.5 Å². The molecule has 0 fully saturated rings. The Balaban J connectivity index is 2.00. The minimum absolute atomic E-state index is 0.540. The van der Waals surface area contributed by atoms with E-state index in [-0.39, 0.29) is 0 Å². The molecule has 1 N–H and O–H groups in total. The zero-order chi connectivity index (χ0) is 19.0. The van der Waals surface area contributed by atoms with Gasteiger partial charge in [-0.1, -0.05) is 54.1 Å². The van der Waals surface area contributed by atoms with E-state index < -0.39 is 18.5 Å². The van der Waals surface area contributed by atoms with Crippen LogP contribution < -0.4 is 0 Å². The van der Waals surface area contributed by atoms with Crippen molar-refractivity contribution in [1.82, 2.24) is 4.98 Å². The molecule has 0 aliphatic rings. The topological polar surface area (TPSA) is 15.8 Å². The summed E-state index contributed by atoms with van der Waals surface area (Å²) in [6.45, 7) is 0. The molecular formula is C21H15ClF3NS. The van der Waals surface area contributed by atoms with Gasteiger partial charge in [0, 0.05) is 26.7 Å². The highest BCUT2D eigenvalue weighted by Crippen LogP contribution is 2.45. The second kappa shape index (κ2) is 7.06. The largest absolute Gasteiger partial charge is 0.390 e.